The lowest BCUT2D eigenvalue weighted by Gasteiger charge is -2.24. The van der Waals surface area contributed by atoms with Crippen molar-refractivity contribution in [2.45, 2.75) is 25.8 Å². The van der Waals surface area contributed by atoms with E-state index in [-0.39, 0.29) is 17.7 Å². The predicted molar refractivity (Wildman–Crippen MR) is 68.1 cm³/mol. The van der Waals surface area contributed by atoms with Crippen LogP contribution in [0.25, 0.3) is 0 Å². The van der Waals surface area contributed by atoms with Crippen LogP contribution in [-0.2, 0) is 11.3 Å². The minimum Gasteiger partial charge on any atom is -0.409 e. The van der Waals surface area contributed by atoms with Crippen molar-refractivity contribution >= 4 is 11.7 Å². The van der Waals surface area contributed by atoms with E-state index < -0.39 is 0 Å². The molecule has 1 aromatic carbocycles. The fourth-order valence-corrected chi connectivity index (χ4v) is 1.90. The van der Waals surface area contributed by atoms with Crippen LogP contribution >= 0.6 is 0 Å². The van der Waals surface area contributed by atoms with Crippen molar-refractivity contribution in [3.8, 4) is 0 Å². The summed E-state index contributed by atoms with van der Waals surface area (Å²) >= 11 is 0. The first-order valence-electron chi connectivity index (χ1n) is 6.05. The number of hydrogen-bond acceptors (Lipinski definition) is 3. The maximum absolute atomic E-state index is 11.7. The van der Waals surface area contributed by atoms with E-state index in [9.17, 15) is 4.79 Å². The molecule has 0 spiro atoms. The first kappa shape index (κ1) is 12.4. The second kappa shape index (κ2) is 5.53. The minimum absolute atomic E-state index is 0.0715. The van der Waals surface area contributed by atoms with E-state index in [0.29, 0.717) is 12.1 Å². The topological polar surface area (TPSA) is 87.7 Å². The largest absolute Gasteiger partial charge is 0.409 e. The van der Waals surface area contributed by atoms with Gasteiger partial charge in [0.15, 0.2) is 5.84 Å². The Kier molecular flexibility index (Phi) is 3.82. The first-order valence-corrected chi connectivity index (χ1v) is 6.05. The zero-order chi connectivity index (χ0) is 13.0. The molecule has 0 aromatic heterocycles. The fraction of sp³-hybridized carbons (Fsp3) is 0.385. The van der Waals surface area contributed by atoms with E-state index in [1.165, 1.54) is 0 Å². The molecule has 0 atom stereocenters. The third-order valence-electron chi connectivity index (χ3n) is 3.27. The Morgan fingerprint density at radius 2 is 2.28 bits per heavy atom. The quantitative estimate of drug-likeness (QED) is 0.323. The molecule has 5 heteroatoms. The first-order chi connectivity index (χ1) is 8.70. The number of nitrogens with two attached hydrogens (primary N) is 1. The van der Waals surface area contributed by atoms with Gasteiger partial charge < -0.3 is 16.3 Å². The molecule has 0 unspecified atom stereocenters. The summed E-state index contributed by atoms with van der Waals surface area (Å²) in [5, 5.41) is 14.5. The van der Waals surface area contributed by atoms with E-state index in [1.54, 1.807) is 12.1 Å². The molecule has 1 fully saturated rings. The zero-order valence-corrected chi connectivity index (χ0v) is 10.1. The van der Waals surface area contributed by atoms with Gasteiger partial charge in [0.25, 0.3) is 0 Å². The SMILES string of the molecule is NC(=NO)c1cccc(CNC(=O)C2CCC2)c1. The molecular formula is C13H17N3O2. The molecular weight excluding hydrogens is 230 g/mol. The Bertz CT molecular complexity index is 467. The van der Waals surface area contributed by atoms with E-state index in [2.05, 4.69) is 10.5 Å². The highest BCUT2D eigenvalue weighted by Gasteiger charge is 2.24. The van der Waals surface area contributed by atoms with Crippen LogP contribution in [0.5, 0.6) is 0 Å². The van der Waals surface area contributed by atoms with Gasteiger partial charge in [0, 0.05) is 18.0 Å². The van der Waals surface area contributed by atoms with Crippen LogP contribution in [0.2, 0.25) is 0 Å². The van der Waals surface area contributed by atoms with Crippen LogP contribution in [0.4, 0.5) is 0 Å². The summed E-state index contributed by atoms with van der Waals surface area (Å²) in [7, 11) is 0. The highest BCUT2D eigenvalue weighted by Crippen LogP contribution is 2.26. The van der Waals surface area contributed by atoms with Crippen LogP contribution in [0.15, 0.2) is 29.4 Å². The molecule has 1 aliphatic carbocycles. The maximum Gasteiger partial charge on any atom is 0.223 e. The molecule has 1 aliphatic rings. The van der Waals surface area contributed by atoms with E-state index in [0.717, 1.165) is 24.8 Å². The number of oxime groups is 1. The van der Waals surface area contributed by atoms with Crippen LogP contribution in [-0.4, -0.2) is 17.0 Å². The third-order valence-corrected chi connectivity index (χ3v) is 3.27. The van der Waals surface area contributed by atoms with E-state index in [1.807, 2.05) is 12.1 Å². The Morgan fingerprint density at radius 3 is 2.89 bits per heavy atom. The van der Waals surface area contributed by atoms with Crippen molar-refractivity contribution < 1.29 is 10.0 Å². The number of rotatable bonds is 4. The molecule has 0 heterocycles. The average molecular weight is 247 g/mol. The number of amides is 1. The lowest BCUT2D eigenvalue weighted by atomic mass is 9.85. The third kappa shape index (κ3) is 2.80. The van der Waals surface area contributed by atoms with Crippen LogP contribution in [0.3, 0.4) is 0 Å². The smallest absolute Gasteiger partial charge is 0.223 e. The number of nitrogens with one attached hydrogen (secondary N) is 1. The summed E-state index contributed by atoms with van der Waals surface area (Å²) in [5.74, 6) is 0.384. The predicted octanol–water partition coefficient (Wildman–Crippen LogP) is 1.20. The van der Waals surface area contributed by atoms with Crippen molar-refractivity contribution in [3.63, 3.8) is 0 Å². The van der Waals surface area contributed by atoms with E-state index >= 15 is 0 Å². The minimum atomic E-state index is 0.0715. The highest BCUT2D eigenvalue weighted by atomic mass is 16.4. The normalized spacial score (nSPS) is 16.1. The molecule has 5 nitrogen and oxygen atoms in total. The Morgan fingerprint density at radius 1 is 1.50 bits per heavy atom. The second-order valence-corrected chi connectivity index (χ2v) is 4.53. The van der Waals surface area contributed by atoms with Crippen LogP contribution in [0.1, 0.15) is 30.4 Å². The molecule has 1 aromatic rings. The molecule has 0 radical (unpaired) electrons. The van der Waals surface area contributed by atoms with Crippen molar-refractivity contribution in [3.05, 3.63) is 35.4 Å². The summed E-state index contributed by atoms with van der Waals surface area (Å²) < 4.78 is 0. The standard InChI is InChI=1S/C13H17N3O2/c14-12(16-18)11-6-1-3-9(7-11)8-15-13(17)10-4-2-5-10/h1,3,6-7,10,18H,2,4-5,8H2,(H2,14,16)(H,15,17). The van der Waals surface area contributed by atoms with Gasteiger partial charge in [-0.15, -0.1) is 0 Å². The molecule has 0 bridgehead atoms. The molecule has 96 valence electrons. The number of amidine groups is 1. The van der Waals surface area contributed by atoms with E-state index in [4.69, 9.17) is 10.9 Å². The summed E-state index contributed by atoms with van der Waals surface area (Å²) in [4.78, 5) is 11.7. The van der Waals surface area contributed by atoms with Gasteiger partial charge in [-0.1, -0.05) is 29.8 Å². The van der Waals surface area contributed by atoms with Gasteiger partial charge in [0.05, 0.1) is 0 Å². The van der Waals surface area contributed by atoms with Crippen LogP contribution in [0, 0.1) is 5.92 Å². The van der Waals surface area contributed by atoms with Crippen molar-refractivity contribution in [1.82, 2.24) is 5.32 Å². The monoisotopic (exact) mass is 247 g/mol. The zero-order valence-electron chi connectivity index (χ0n) is 10.1. The Balaban J connectivity index is 1.94. The number of benzene rings is 1. The highest BCUT2D eigenvalue weighted by molar-refractivity contribution is 5.97. The number of nitrogens with zero attached hydrogens (tertiary/aromatic N) is 1. The Hall–Kier alpha value is -2.04. The maximum atomic E-state index is 11.7. The van der Waals surface area contributed by atoms with Crippen molar-refractivity contribution in [2.24, 2.45) is 16.8 Å². The molecule has 1 saturated carbocycles. The lowest BCUT2D eigenvalue weighted by Crippen LogP contribution is -2.34. The molecule has 0 aliphatic heterocycles. The second-order valence-electron chi connectivity index (χ2n) is 4.53. The number of hydrogen-bond donors (Lipinski definition) is 3. The molecule has 2 rings (SSSR count). The van der Waals surface area contributed by atoms with Crippen molar-refractivity contribution in [1.29, 1.82) is 0 Å². The molecule has 4 N–H and O–H groups in total. The summed E-state index contributed by atoms with van der Waals surface area (Å²) in [6, 6.07) is 7.27. The summed E-state index contributed by atoms with van der Waals surface area (Å²) in [6.07, 6.45) is 3.14. The van der Waals surface area contributed by atoms with Gasteiger partial charge in [-0.2, -0.15) is 0 Å². The van der Waals surface area contributed by atoms with Gasteiger partial charge in [-0.25, -0.2) is 0 Å². The molecule has 0 saturated heterocycles. The van der Waals surface area contributed by atoms with Crippen molar-refractivity contribution in [2.75, 3.05) is 0 Å². The molecule has 18 heavy (non-hydrogen) atoms. The van der Waals surface area contributed by atoms with Gasteiger partial charge in [-0.05, 0) is 24.5 Å². The summed E-state index contributed by atoms with van der Waals surface area (Å²) in [5.41, 5.74) is 7.09. The number of carbonyl (C=O) groups is 1. The molecule has 1 amide bonds. The summed E-state index contributed by atoms with van der Waals surface area (Å²) in [6.45, 7) is 0.474. The van der Waals surface area contributed by atoms with Gasteiger partial charge in [0.2, 0.25) is 5.91 Å². The van der Waals surface area contributed by atoms with Crippen LogP contribution < -0.4 is 11.1 Å². The number of carbonyl (C=O) groups excluding carboxylic acids is 1. The average Bonchev–Trinajstić information content (AvgIpc) is 2.33. The van der Waals surface area contributed by atoms with Gasteiger partial charge >= 0.3 is 0 Å². The lowest BCUT2D eigenvalue weighted by molar-refractivity contribution is -0.127. The Labute approximate surface area is 106 Å². The van der Waals surface area contributed by atoms with Gasteiger partial charge in [-0.3, -0.25) is 4.79 Å². The van der Waals surface area contributed by atoms with Gasteiger partial charge in [0.1, 0.15) is 0 Å². The fourth-order valence-electron chi connectivity index (χ4n) is 1.90.